The smallest absolute Gasteiger partial charge is 0.330 e. The van der Waals surface area contributed by atoms with E-state index in [4.69, 9.17) is 9.47 Å². The Morgan fingerprint density at radius 2 is 1.49 bits per heavy atom. The summed E-state index contributed by atoms with van der Waals surface area (Å²) < 4.78 is 10.7. The van der Waals surface area contributed by atoms with Crippen molar-refractivity contribution >= 4 is 17.9 Å². The van der Waals surface area contributed by atoms with E-state index in [1.807, 2.05) is 54.7 Å². The summed E-state index contributed by atoms with van der Waals surface area (Å²) in [7, 11) is 0. The highest BCUT2D eigenvalue weighted by Crippen LogP contribution is 2.13. The molecule has 0 saturated carbocycles. The van der Waals surface area contributed by atoms with Crippen molar-refractivity contribution < 1.29 is 14.3 Å². The maximum atomic E-state index is 10.9. The van der Waals surface area contributed by atoms with E-state index in [0.717, 1.165) is 61.3 Å². The highest BCUT2D eigenvalue weighted by Gasteiger charge is 1.96. The highest BCUT2D eigenvalue weighted by molar-refractivity contribution is 5.81. The molecule has 0 radical (unpaired) electrons. The first-order valence-electron chi connectivity index (χ1n) is 12.4. The van der Waals surface area contributed by atoms with Crippen LogP contribution in [-0.2, 0) is 9.53 Å². The average molecular weight is 470 g/mol. The molecular weight excluding hydrogens is 434 g/mol. The summed E-state index contributed by atoms with van der Waals surface area (Å²) in [6.07, 6.45) is 11.6. The monoisotopic (exact) mass is 469 g/mol. The lowest BCUT2D eigenvalue weighted by Gasteiger charge is -2.05. The molecule has 2 aromatic rings. The third-order valence-corrected chi connectivity index (χ3v) is 5.09. The maximum absolute atomic E-state index is 10.9. The average Bonchev–Trinajstić information content (AvgIpc) is 2.89. The molecule has 0 aliphatic heterocycles. The summed E-state index contributed by atoms with van der Waals surface area (Å²) in [4.78, 5) is 15.4. The number of benzene rings is 2. The summed E-state index contributed by atoms with van der Waals surface area (Å²) in [5.74, 6) is 12.5. The number of ether oxygens (including phenoxy) is 2. The topological polar surface area (TPSA) is 47.9 Å². The second-order valence-corrected chi connectivity index (χ2v) is 8.01. The summed E-state index contributed by atoms with van der Waals surface area (Å²) >= 11 is 0. The van der Waals surface area contributed by atoms with Crippen LogP contribution in [0.5, 0.6) is 5.75 Å². The van der Waals surface area contributed by atoms with Gasteiger partial charge in [0.15, 0.2) is 0 Å². The van der Waals surface area contributed by atoms with Crippen LogP contribution >= 0.6 is 0 Å². The predicted molar refractivity (Wildman–Crippen MR) is 144 cm³/mol. The van der Waals surface area contributed by atoms with Crippen molar-refractivity contribution in [2.24, 2.45) is 4.99 Å². The SMILES string of the molecule is C=CC(=O)OCCCCCC=Nc1ccc(C#CC#Cc2ccc(OCCCCCC)cc2)cc1. The molecule has 0 amide bonds. The van der Waals surface area contributed by atoms with Gasteiger partial charge in [0.2, 0.25) is 0 Å². The van der Waals surface area contributed by atoms with Crippen LogP contribution in [0.4, 0.5) is 5.69 Å². The Bertz CT molecular complexity index is 1040. The number of unbranched alkanes of at least 4 members (excludes halogenated alkanes) is 6. The Labute approximate surface area is 210 Å². The first-order chi connectivity index (χ1) is 17.2. The van der Waals surface area contributed by atoms with Crippen LogP contribution < -0.4 is 4.74 Å². The third-order valence-electron chi connectivity index (χ3n) is 5.09. The molecule has 0 aliphatic carbocycles. The fourth-order valence-corrected chi connectivity index (χ4v) is 3.11. The van der Waals surface area contributed by atoms with Gasteiger partial charge in [-0.2, -0.15) is 0 Å². The molecular formula is C31H35NO3. The molecule has 0 spiro atoms. The largest absolute Gasteiger partial charge is 0.494 e. The standard InChI is InChI=1S/C31H35NO3/c1-3-5-6-12-25-34-30-22-18-28(19-23-30)15-10-9-14-27-16-20-29(21-17-27)32-24-11-7-8-13-26-35-31(33)4-2/h4,16-24H,2-3,5-8,11-13,25-26H2,1H3. The predicted octanol–water partition coefficient (Wildman–Crippen LogP) is 7.04. The number of carbonyl (C=O) groups is 1. The molecule has 35 heavy (non-hydrogen) atoms. The van der Waals surface area contributed by atoms with Crippen LogP contribution in [0.1, 0.15) is 69.4 Å². The number of hydrogen-bond acceptors (Lipinski definition) is 4. The Morgan fingerprint density at radius 1 is 0.857 bits per heavy atom. The second-order valence-electron chi connectivity index (χ2n) is 8.01. The van der Waals surface area contributed by atoms with Crippen LogP contribution in [0.3, 0.4) is 0 Å². The lowest BCUT2D eigenvalue weighted by molar-refractivity contribution is -0.137. The van der Waals surface area contributed by atoms with Gasteiger partial charge in [-0.1, -0.05) is 44.6 Å². The van der Waals surface area contributed by atoms with Crippen LogP contribution in [-0.4, -0.2) is 25.4 Å². The van der Waals surface area contributed by atoms with Gasteiger partial charge < -0.3 is 9.47 Å². The quantitative estimate of drug-likeness (QED) is 0.0980. The molecule has 2 rings (SSSR count). The number of nitrogens with zero attached hydrogens (tertiary/aromatic N) is 1. The minimum Gasteiger partial charge on any atom is -0.494 e. The first-order valence-corrected chi connectivity index (χ1v) is 12.4. The fraction of sp³-hybridized carbons (Fsp3) is 0.355. The van der Waals surface area contributed by atoms with E-state index >= 15 is 0 Å². The zero-order valence-corrected chi connectivity index (χ0v) is 20.7. The van der Waals surface area contributed by atoms with Crippen molar-refractivity contribution in [3.63, 3.8) is 0 Å². The zero-order chi connectivity index (χ0) is 25.0. The van der Waals surface area contributed by atoms with Crippen LogP contribution in [0.15, 0.2) is 66.2 Å². The fourth-order valence-electron chi connectivity index (χ4n) is 3.11. The van der Waals surface area contributed by atoms with Gasteiger partial charge in [0.1, 0.15) is 5.75 Å². The molecule has 0 heterocycles. The minimum absolute atomic E-state index is 0.365. The van der Waals surface area contributed by atoms with Crippen molar-refractivity contribution in [3.05, 3.63) is 72.3 Å². The van der Waals surface area contributed by atoms with Gasteiger partial charge in [-0.3, -0.25) is 4.99 Å². The van der Waals surface area contributed by atoms with E-state index < -0.39 is 0 Å². The number of esters is 1. The maximum Gasteiger partial charge on any atom is 0.330 e. The Hall–Kier alpha value is -3.76. The zero-order valence-electron chi connectivity index (χ0n) is 20.7. The number of aliphatic imine (C=N–C) groups is 1. The summed E-state index contributed by atoms with van der Waals surface area (Å²) in [6.45, 7) is 6.78. The Balaban J connectivity index is 1.69. The van der Waals surface area contributed by atoms with Crippen molar-refractivity contribution in [2.75, 3.05) is 13.2 Å². The normalized spacial score (nSPS) is 10.1. The van der Waals surface area contributed by atoms with Crippen LogP contribution in [0.2, 0.25) is 0 Å². The molecule has 4 heteroatoms. The van der Waals surface area contributed by atoms with Crippen molar-refractivity contribution in [3.8, 4) is 29.4 Å². The van der Waals surface area contributed by atoms with E-state index in [-0.39, 0.29) is 5.97 Å². The Kier molecular flexibility index (Phi) is 13.9. The molecule has 4 nitrogen and oxygen atoms in total. The molecule has 0 fully saturated rings. The molecule has 0 aromatic heterocycles. The van der Waals surface area contributed by atoms with Gasteiger partial charge in [-0.05, 0) is 92.5 Å². The number of carbonyl (C=O) groups excluding carboxylic acids is 1. The van der Waals surface area contributed by atoms with Gasteiger partial charge in [-0.15, -0.1) is 0 Å². The molecule has 0 N–H and O–H groups in total. The van der Waals surface area contributed by atoms with Gasteiger partial charge in [0.05, 0.1) is 18.9 Å². The van der Waals surface area contributed by atoms with E-state index in [0.29, 0.717) is 6.61 Å². The number of rotatable bonds is 14. The van der Waals surface area contributed by atoms with Crippen LogP contribution in [0, 0.1) is 23.7 Å². The molecule has 0 aliphatic rings. The summed E-state index contributed by atoms with van der Waals surface area (Å²) in [5, 5.41) is 0. The second kappa shape index (κ2) is 17.7. The summed E-state index contributed by atoms with van der Waals surface area (Å²) in [6, 6.07) is 15.6. The van der Waals surface area contributed by atoms with Gasteiger partial charge in [0.25, 0.3) is 0 Å². The molecule has 2 aromatic carbocycles. The third kappa shape index (κ3) is 12.9. The van der Waals surface area contributed by atoms with E-state index in [2.05, 4.69) is 42.2 Å². The van der Waals surface area contributed by atoms with Crippen molar-refractivity contribution in [1.82, 2.24) is 0 Å². The van der Waals surface area contributed by atoms with Crippen LogP contribution in [0.25, 0.3) is 0 Å². The van der Waals surface area contributed by atoms with Gasteiger partial charge in [0, 0.05) is 23.4 Å². The van der Waals surface area contributed by atoms with Gasteiger partial charge >= 0.3 is 5.97 Å². The molecule has 182 valence electrons. The van der Waals surface area contributed by atoms with Crippen molar-refractivity contribution in [2.45, 2.75) is 58.3 Å². The molecule has 0 bridgehead atoms. The lowest BCUT2D eigenvalue weighted by Crippen LogP contribution is -2.01. The Morgan fingerprint density at radius 3 is 2.14 bits per heavy atom. The number of hydrogen-bond donors (Lipinski definition) is 0. The van der Waals surface area contributed by atoms with E-state index in [9.17, 15) is 4.79 Å². The summed E-state index contributed by atoms with van der Waals surface area (Å²) in [5.41, 5.74) is 2.72. The van der Waals surface area contributed by atoms with E-state index in [1.165, 1.54) is 25.3 Å². The van der Waals surface area contributed by atoms with Crippen molar-refractivity contribution in [1.29, 1.82) is 0 Å². The highest BCUT2D eigenvalue weighted by atomic mass is 16.5. The minimum atomic E-state index is -0.365. The molecule has 0 atom stereocenters. The molecule has 0 unspecified atom stereocenters. The molecule has 0 saturated heterocycles. The van der Waals surface area contributed by atoms with E-state index in [1.54, 1.807) is 0 Å². The lowest BCUT2D eigenvalue weighted by atomic mass is 10.2. The van der Waals surface area contributed by atoms with Gasteiger partial charge in [-0.25, -0.2) is 4.79 Å². The first kappa shape index (κ1) is 27.5.